The molecule has 39 heavy (non-hydrogen) atoms. The van der Waals surface area contributed by atoms with Crippen molar-refractivity contribution < 1.29 is 23.5 Å². The fourth-order valence-corrected chi connectivity index (χ4v) is 4.88. The van der Waals surface area contributed by atoms with Crippen molar-refractivity contribution in [2.24, 2.45) is 5.92 Å². The normalized spacial score (nSPS) is 15.4. The molecule has 1 aliphatic heterocycles. The minimum Gasteiger partial charge on any atom is -0.496 e. The van der Waals surface area contributed by atoms with Crippen LogP contribution in [0.25, 0.3) is 22.3 Å². The van der Waals surface area contributed by atoms with Crippen LogP contribution in [0.5, 0.6) is 5.75 Å². The maximum Gasteiger partial charge on any atom is 0.323 e. The fourth-order valence-electron chi connectivity index (χ4n) is 4.88. The molecule has 4 rings (SSSR count). The smallest absolute Gasteiger partial charge is 0.323 e. The highest BCUT2D eigenvalue weighted by molar-refractivity contribution is 6.12. The van der Waals surface area contributed by atoms with E-state index in [2.05, 4.69) is 10.6 Å². The zero-order chi connectivity index (χ0) is 28.4. The molecule has 0 aliphatic carbocycles. The first kappa shape index (κ1) is 27.8. The van der Waals surface area contributed by atoms with Crippen molar-refractivity contribution in [1.82, 2.24) is 15.1 Å². The molecule has 1 fully saturated rings. The standard InChI is InChI=1S/C30H33FN4O4/c1-17-20(19-13-25(31)24(16-34(3)4)27(14-19)39-6)9-7-10-21(17)22-11-8-12-26(18(22)2)33-28(36)23-15-32-30(38)35(5)29(23)37/h7-14,23H,15-16H2,1-6H3,(H,32,38)(H,33,36). The predicted octanol–water partition coefficient (Wildman–Crippen LogP) is 4.58. The van der Waals surface area contributed by atoms with Crippen LogP contribution in [0, 0.1) is 25.6 Å². The van der Waals surface area contributed by atoms with Crippen LogP contribution in [0.15, 0.2) is 48.5 Å². The molecule has 0 saturated carbocycles. The van der Waals surface area contributed by atoms with Gasteiger partial charge in [-0.3, -0.25) is 14.5 Å². The van der Waals surface area contributed by atoms with Crippen molar-refractivity contribution in [3.8, 4) is 28.0 Å². The Balaban J connectivity index is 1.68. The van der Waals surface area contributed by atoms with Gasteiger partial charge in [0, 0.05) is 31.4 Å². The number of anilines is 1. The van der Waals surface area contributed by atoms with E-state index in [0.717, 1.165) is 32.7 Å². The summed E-state index contributed by atoms with van der Waals surface area (Å²) in [5.74, 6) is -1.89. The number of amides is 4. The van der Waals surface area contributed by atoms with Crippen LogP contribution in [-0.2, 0) is 16.1 Å². The number of halogens is 1. The van der Waals surface area contributed by atoms with E-state index in [9.17, 15) is 14.4 Å². The monoisotopic (exact) mass is 532 g/mol. The number of nitrogens with zero attached hydrogens (tertiary/aromatic N) is 2. The maximum atomic E-state index is 15.2. The molecule has 3 aromatic carbocycles. The predicted molar refractivity (Wildman–Crippen MR) is 149 cm³/mol. The zero-order valence-corrected chi connectivity index (χ0v) is 23.0. The van der Waals surface area contributed by atoms with E-state index in [-0.39, 0.29) is 12.4 Å². The van der Waals surface area contributed by atoms with Gasteiger partial charge in [-0.1, -0.05) is 30.3 Å². The second-order valence-corrected chi connectivity index (χ2v) is 9.96. The van der Waals surface area contributed by atoms with Gasteiger partial charge in [0.2, 0.25) is 11.8 Å². The van der Waals surface area contributed by atoms with Gasteiger partial charge in [-0.15, -0.1) is 0 Å². The fraction of sp³-hybridized carbons (Fsp3) is 0.300. The Morgan fingerprint density at radius 2 is 1.72 bits per heavy atom. The lowest BCUT2D eigenvalue weighted by atomic mass is 9.90. The van der Waals surface area contributed by atoms with Gasteiger partial charge in [0.25, 0.3) is 0 Å². The number of methoxy groups -OCH3 is 1. The summed E-state index contributed by atoms with van der Waals surface area (Å²) >= 11 is 0. The number of carbonyl (C=O) groups is 3. The van der Waals surface area contributed by atoms with Crippen LogP contribution in [0.4, 0.5) is 14.9 Å². The van der Waals surface area contributed by atoms with Gasteiger partial charge < -0.3 is 20.3 Å². The number of hydrogen-bond acceptors (Lipinski definition) is 5. The van der Waals surface area contributed by atoms with Gasteiger partial charge in [0.05, 0.1) is 7.11 Å². The highest BCUT2D eigenvalue weighted by atomic mass is 19.1. The molecule has 1 atom stereocenters. The third-order valence-electron chi connectivity index (χ3n) is 7.08. The zero-order valence-electron chi connectivity index (χ0n) is 23.0. The van der Waals surface area contributed by atoms with Crippen molar-refractivity contribution in [3.05, 3.63) is 71.0 Å². The Hall–Kier alpha value is -4.24. The third kappa shape index (κ3) is 5.49. The summed E-state index contributed by atoms with van der Waals surface area (Å²) in [5, 5.41) is 5.41. The van der Waals surface area contributed by atoms with Crippen molar-refractivity contribution in [1.29, 1.82) is 0 Å². The Bertz CT molecular complexity index is 1450. The molecular formula is C30H33FN4O4. The van der Waals surface area contributed by atoms with Gasteiger partial charge in [0.1, 0.15) is 17.5 Å². The molecule has 1 unspecified atom stereocenters. The molecule has 0 bridgehead atoms. The number of hydrogen-bond donors (Lipinski definition) is 2. The quantitative estimate of drug-likeness (QED) is 0.435. The van der Waals surface area contributed by atoms with Gasteiger partial charge in [-0.2, -0.15) is 0 Å². The van der Waals surface area contributed by atoms with Crippen LogP contribution in [0.2, 0.25) is 0 Å². The molecule has 1 aliphatic rings. The number of carbonyl (C=O) groups excluding carboxylic acids is 3. The van der Waals surface area contributed by atoms with Crippen molar-refractivity contribution >= 4 is 23.5 Å². The summed E-state index contributed by atoms with van der Waals surface area (Å²) in [6, 6.07) is 14.3. The molecule has 1 saturated heterocycles. The van der Waals surface area contributed by atoms with Crippen LogP contribution in [0.1, 0.15) is 16.7 Å². The van der Waals surface area contributed by atoms with Crippen molar-refractivity contribution in [2.45, 2.75) is 20.4 Å². The first-order valence-electron chi connectivity index (χ1n) is 12.6. The molecule has 0 radical (unpaired) electrons. The average molecular weight is 533 g/mol. The number of nitrogens with one attached hydrogen (secondary N) is 2. The SMILES string of the molecule is COc1cc(-c2cccc(-c3cccc(NC(=O)C4CNC(=O)N(C)C4=O)c3C)c2C)cc(F)c1CN(C)C. The second kappa shape index (κ2) is 11.2. The Labute approximate surface area is 227 Å². The molecule has 1 heterocycles. The van der Waals surface area contributed by atoms with Crippen LogP contribution in [0.3, 0.4) is 0 Å². The summed E-state index contributed by atoms with van der Waals surface area (Å²) in [5.41, 5.74) is 6.21. The van der Waals surface area contributed by atoms with E-state index in [1.54, 1.807) is 6.07 Å². The van der Waals surface area contributed by atoms with Crippen molar-refractivity contribution in [2.75, 3.05) is 40.1 Å². The van der Waals surface area contributed by atoms with Gasteiger partial charge in [0.15, 0.2) is 0 Å². The summed E-state index contributed by atoms with van der Waals surface area (Å²) in [7, 11) is 6.64. The summed E-state index contributed by atoms with van der Waals surface area (Å²) in [4.78, 5) is 39.9. The van der Waals surface area contributed by atoms with E-state index in [1.807, 2.05) is 69.2 Å². The summed E-state index contributed by atoms with van der Waals surface area (Å²) < 4.78 is 20.7. The lowest BCUT2D eigenvalue weighted by Crippen LogP contribution is -2.56. The molecule has 8 nitrogen and oxygen atoms in total. The molecule has 2 N–H and O–H groups in total. The summed E-state index contributed by atoms with van der Waals surface area (Å²) in [6.07, 6.45) is 0. The molecule has 204 valence electrons. The molecule has 0 spiro atoms. The number of urea groups is 1. The number of benzene rings is 3. The van der Waals surface area contributed by atoms with Gasteiger partial charge >= 0.3 is 6.03 Å². The topological polar surface area (TPSA) is 91.0 Å². The highest BCUT2D eigenvalue weighted by Crippen LogP contribution is 2.38. The van der Waals surface area contributed by atoms with E-state index in [4.69, 9.17) is 4.74 Å². The maximum absolute atomic E-state index is 15.2. The van der Waals surface area contributed by atoms with Gasteiger partial charge in [-0.25, -0.2) is 9.18 Å². The largest absolute Gasteiger partial charge is 0.496 e. The van der Waals surface area contributed by atoms with Gasteiger partial charge in [-0.05, 0) is 79.5 Å². The molecule has 0 aromatic heterocycles. The third-order valence-corrected chi connectivity index (χ3v) is 7.08. The molecule has 3 aromatic rings. The average Bonchev–Trinajstić information content (AvgIpc) is 2.89. The number of ether oxygens (including phenoxy) is 1. The van der Waals surface area contributed by atoms with Crippen LogP contribution < -0.4 is 15.4 Å². The Morgan fingerprint density at radius 3 is 2.38 bits per heavy atom. The Kier molecular flexibility index (Phi) is 8.01. The first-order chi connectivity index (χ1) is 18.5. The minimum absolute atomic E-state index is 0.0545. The lowest BCUT2D eigenvalue weighted by Gasteiger charge is -2.28. The van der Waals surface area contributed by atoms with E-state index in [0.29, 0.717) is 29.1 Å². The first-order valence-corrected chi connectivity index (χ1v) is 12.6. The highest BCUT2D eigenvalue weighted by Gasteiger charge is 2.36. The van der Waals surface area contributed by atoms with E-state index >= 15 is 4.39 Å². The van der Waals surface area contributed by atoms with E-state index < -0.39 is 23.8 Å². The molecule has 9 heteroatoms. The summed E-state index contributed by atoms with van der Waals surface area (Å²) in [6.45, 7) is 4.24. The lowest BCUT2D eigenvalue weighted by molar-refractivity contribution is -0.138. The minimum atomic E-state index is -1.01. The molecular weight excluding hydrogens is 499 g/mol. The van der Waals surface area contributed by atoms with Crippen LogP contribution >= 0.6 is 0 Å². The molecule has 4 amide bonds. The van der Waals surface area contributed by atoms with Crippen LogP contribution in [-0.4, -0.2) is 62.4 Å². The second-order valence-electron chi connectivity index (χ2n) is 9.96. The number of rotatable bonds is 7. The Morgan fingerprint density at radius 1 is 1.08 bits per heavy atom. The van der Waals surface area contributed by atoms with Crippen molar-refractivity contribution in [3.63, 3.8) is 0 Å². The van der Waals surface area contributed by atoms with E-state index in [1.165, 1.54) is 20.2 Å². The number of imide groups is 1.